The summed E-state index contributed by atoms with van der Waals surface area (Å²) < 4.78 is 51.4. The molecule has 0 spiro atoms. The first kappa shape index (κ1) is 19.3. The molecule has 2 radical (unpaired) electrons. The summed E-state index contributed by atoms with van der Waals surface area (Å²) in [5, 5.41) is -1.40. The third-order valence-corrected chi connectivity index (χ3v) is 1.76. The predicted molar refractivity (Wildman–Crippen MR) is 67.8 cm³/mol. The van der Waals surface area contributed by atoms with Crippen LogP contribution in [0.5, 0.6) is 0 Å². The maximum atomic E-state index is 13.1. The Balaban J connectivity index is 0. The van der Waals surface area contributed by atoms with Crippen molar-refractivity contribution >= 4 is 7.85 Å². The van der Waals surface area contributed by atoms with Crippen LogP contribution in [-0.4, -0.2) is 7.85 Å². The number of benzene rings is 1. The zero-order chi connectivity index (χ0) is 15.1. The molecule has 0 unspecified atom stereocenters. The van der Waals surface area contributed by atoms with E-state index in [4.69, 9.17) is 7.85 Å². The second kappa shape index (κ2) is 8.17. The molecule has 0 aliphatic carbocycles. The topological polar surface area (TPSA) is 0 Å². The molecule has 0 nitrogen and oxygen atoms in total. The maximum absolute atomic E-state index is 13.1. The van der Waals surface area contributed by atoms with E-state index in [0.717, 1.165) is 0 Å². The molecule has 0 saturated heterocycles. The van der Waals surface area contributed by atoms with Gasteiger partial charge in [0.1, 0.15) is 5.82 Å². The van der Waals surface area contributed by atoms with E-state index >= 15 is 0 Å². The molecule has 0 heterocycles. The second-order valence-electron chi connectivity index (χ2n) is 3.56. The van der Waals surface area contributed by atoms with Crippen LogP contribution >= 0.6 is 0 Å². The molecule has 0 aliphatic heterocycles. The largest absolute Gasteiger partial charge is 0.206 e. The fourth-order valence-electron chi connectivity index (χ4n) is 1.16. The number of hydrogen-bond acceptors (Lipinski definition) is 0. The molecule has 1 aromatic carbocycles. The highest BCUT2D eigenvalue weighted by molar-refractivity contribution is 6.15. The van der Waals surface area contributed by atoms with Crippen LogP contribution < -0.4 is 0 Å². The molecule has 0 bridgehead atoms. The maximum Gasteiger partial charge on any atom is 0.194 e. The van der Waals surface area contributed by atoms with Gasteiger partial charge >= 0.3 is 0 Å². The molecule has 5 heteroatoms. The fraction of sp³-hybridized carbons (Fsp3) is 0.538. The first-order chi connectivity index (χ1) is 8.25. The first-order valence-corrected chi connectivity index (χ1v) is 5.87. The Hall–Kier alpha value is -0.995. The normalized spacial score (nSPS) is 9.89. The average Bonchev–Trinajstić information content (AvgIpc) is 2.29. The van der Waals surface area contributed by atoms with Gasteiger partial charge in [0.2, 0.25) is 0 Å². The Bertz CT molecular complexity index is 370. The lowest BCUT2D eigenvalue weighted by atomic mass is 9.67. The van der Waals surface area contributed by atoms with Crippen LogP contribution in [-0.2, 0) is 5.31 Å². The van der Waals surface area contributed by atoms with Crippen molar-refractivity contribution in [3.8, 4) is 0 Å². The average molecular weight is 262 g/mol. The Morgan fingerprint density at radius 1 is 0.833 bits per heavy atom. The minimum atomic E-state index is -1.71. The number of hydrogen-bond donors (Lipinski definition) is 0. The third kappa shape index (κ3) is 4.71. The minimum Gasteiger partial charge on any atom is -0.206 e. The summed E-state index contributed by atoms with van der Waals surface area (Å²) in [6.45, 7) is 10.6. The van der Waals surface area contributed by atoms with Crippen LogP contribution in [0.25, 0.3) is 0 Å². The monoisotopic (exact) mass is 262 g/mol. The highest BCUT2D eigenvalue weighted by atomic mass is 19.2. The SMILES string of the molecule is CC.CC.[B]C(C)(C)c1c(F)cc(F)c(F)c1F. The van der Waals surface area contributed by atoms with Crippen LogP contribution in [0.4, 0.5) is 17.6 Å². The molecule has 1 rings (SSSR count). The van der Waals surface area contributed by atoms with Crippen molar-refractivity contribution in [3.05, 3.63) is 34.9 Å². The van der Waals surface area contributed by atoms with Gasteiger partial charge in [-0.25, -0.2) is 17.6 Å². The fourth-order valence-corrected chi connectivity index (χ4v) is 1.16. The second-order valence-corrected chi connectivity index (χ2v) is 3.56. The van der Waals surface area contributed by atoms with Crippen molar-refractivity contribution in [2.75, 3.05) is 0 Å². The van der Waals surface area contributed by atoms with Crippen LogP contribution in [0.2, 0.25) is 0 Å². The van der Waals surface area contributed by atoms with Crippen LogP contribution in [0.15, 0.2) is 6.07 Å². The van der Waals surface area contributed by atoms with Crippen molar-refractivity contribution in [1.82, 2.24) is 0 Å². The minimum absolute atomic E-state index is 0.280. The van der Waals surface area contributed by atoms with E-state index in [-0.39, 0.29) is 6.07 Å². The Morgan fingerprint density at radius 3 is 1.56 bits per heavy atom. The summed E-state index contributed by atoms with van der Waals surface area (Å²) in [4.78, 5) is 0. The molecular weight excluding hydrogens is 243 g/mol. The van der Waals surface area contributed by atoms with Gasteiger partial charge in [0.25, 0.3) is 0 Å². The van der Waals surface area contributed by atoms with Gasteiger partial charge < -0.3 is 0 Å². The zero-order valence-electron chi connectivity index (χ0n) is 11.7. The number of rotatable bonds is 1. The van der Waals surface area contributed by atoms with E-state index in [0.29, 0.717) is 0 Å². The molecule has 0 aromatic heterocycles. The van der Waals surface area contributed by atoms with E-state index in [9.17, 15) is 17.6 Å². The molecule has 0 aliphatic rings. The molecule has 0 atom stereocenters. The molecule has 18 heavy (non-hydrogen) atoms. The van der Waals surface area contributed by atoms with Crippen molar-refractivity contribution in [2.45, 2.75) is 46.9 Å². The zero-order valence-corrected chi connectivity index (χ0v) is 11.7. The summed E-state index contributed by atoms with van der Waals surface area (Å²) in [7, 11) is 5.41. The Labute approximate surface area is 108 Å². The summed E-state index contributed by atoms with van der Waals surface area (Å²) in [5.41, 5.74) is -0.656. The summed E-state index contributed by atoms with van der Waals surface area (Å²) in [6, 6.07) is 0.280. The molecule has 0 saturated carbocycles. The van der Waals surface area contributed by atoms with E-state index in [2.05, 4.69) is 0 Å². The standard InChI is InChI=1S/C9H7BF4.2C2H6/c1-9(2,10)6-4(11)3-5(12)7(13)8(6)14;2*1-2/h3H,1-2H3;2*1-2H3. The van der Waals surface area contributed by atoms with E-state index < -0.39 is 34.1 Å². The van der Waals surface area contributed by atoms with Gasteiger partial charge in [0.05, 0.1) is 7.85 Å². The van der Waals surface area contributed by atoms with E-state index in [1.54, 1.807) is 0 Å². The smallest absolute Gasteiger partial charge is 0.194 e. The van der Waals surface area contributed by atoms with Crippen molar-refractivity contribution in [1.29, 1.82) is 0 Å². The lowest BCUT2D eigenvalue weighted by molar-refractivity contribution is 0.415. The summed E-state index contributed by atoms with van der Waals surface area (Å²) >= 11 is 0. The third-order valence-electron chi connectivity index (χ3n) is 1.76. The number of halogens is 4. The molecule has 0 fully saturated rings. The molecule has 1 aromatic rings. The molecule has 102 valence electrons. The van der Waals surface area contributed by atoms with Crippen molar-refractivity contribution in [2.24, 2.45) is 0 Å². The lowest BCUT2D eigenvalue weighted by Gasteiger charge is -2.21. The molecule has 0 N–H and O–H groups in total. The highest BCUT2D eigenvalue weighted by Crippen LogP contribution is 2.28. The predicted octanol–water partition coefficient (Wildman–Crippen LogP) is 4.70. The van der Waals surface area contributed by atoms with Crippen LogP contribution in [0.1, 0.15) is 47.1 Å². The van der Waals surface area contributed by atoms with Crippen molar-refractivity contribution in [3.63, 3.8) is 0 Å². The Kier molecular flexibility index (Phi) is 8.78. The van der Waals surface area contributed by atoms with Gasteiger partial charge in [-0.05, 0) is 5.31 Å². The van der Waals surface area contributed by atoms with Gasteiger partial charge in [-0.15, -0.1) is 0 Å². The van der Waals surface area contributed by atoms with Gasteiger partial charge in [0.15, 0.2) is 17.5 Å². The van der Waals surface area contributed by atoms with Gasteiger partial charge in [0, 0.05) is 11.6 Å². The first-order valence-electron chi connectivity index (χ1n) is 5.87. The van der Waals surface area contributed by atoms with E-state index in [1.807, 2.05) is 27.7 Å². The van der Waals surface area contributed by atoms with E-state index in [1.165, 1.54) is 13.8 Å². The van der Waals surface area contributed by atoms with Crippen LogP contribution in [0.3, 0.4) is 0 Å². The quantitative estimate of drug-likeness (QED) is 0.298. The van der Waals surface area contributed by atoms with Crippen molar-refractivity contribution < 1.29 is 17.6 Å². The van der Waals surface area contributed by atoms with Crippen LogP contribution in [0, 0.1) is 23.3 Å². The Morgan fingerprint density at radius 2 is 1.22 bits per heavy atom. The van der Waals surface area contributed by atoms with Gasteiger partial charge in [-0.3, -0.25) is 0 Å². The lowest BCUT2D eigenvalue weighted by Crippen LogP contribution is -2.22. The molecule has 0 amide bonds. The summed E-state index contributed by atoms with van der Waals surface area (Å²) in [6.07, 6.45) is 0. The highest BCUT2D eigenvalue weighted by Gasteiger charge is 2.27. The van der Waals surface area contributed by atoms with Gasteiger partial charge in [-0.2, -0.15) is 0 Å². The van der Waals surface area contributed by atoms with Gasteiger partial charge in [-0.1, -0.05) is 41.5 Å². The summed E-state index contributed by atoms with van der Waals surface area (Å²) in [5.74, 6) is -6.03. The molecular formula is C13H19BF4.